The Kier molecular flexibility index (Phi) is 7.19. The van der Waals surface area contributed by atoms with Gasteiger partial charge in [-0.2, -0.15) is 23.4 Å². The summed E-state index contributed by atoms with van der Waals surface area (Å²) in [6, 6.07) is 0.337. The zero-order chi connectivity index (χ0) is 26.0. The van der Waals surface area contributed by atoms with Crippen LogP contribution in [0.5, 0.6) is 0 Å². The topological polar surface area (TPSA) is 109 Å². The average molecular weight is 515 g/mol. The highest BCUT2D eigenvalue weighted by Crippen LogP contribution is 2.33. The predicted molar refractivity (Wildman–Crippen MR) is 116 cm³/mol. The number of rotatable bonds is 7. The molecule has 1 saturated heterocycles. The number of alkyl halides is 3. The summed E-state index contributed by atoms with van der Waals surface area (Å²) in [6.45, 7) is 3.04. The number of piperazine rings is 1. The van der Waals surface area contributed by atoms with E-state index in [0.29, 0.717) is 26.2 Å². The van der Waals surface area contributed by atoms with E-state index in [4.69, 9.17) is 4.74 Å². The first-order valence-electron chi connectivity index (χ1n) is 11.0. The summed E-state index contributed by atoms with van der Waals surface area (Å²) in [5, 5.41) is 8.51. The maximum atomic E-state index is 13.4. The Balaban J connectivity index is 1.28. The average Bonchev–Trinajstić information content (AvgIpc) is 3.25. The molecular weight excluding hydrogens is 493 g/mol. The monoisotopic (exact) mass is 515 g/mol. The SMILES string of the molecule is CC(COCCC(=O)N1CCN(c2cc(F)c(F)cn2)CC1)n1nc(C(F)(F)F)c2c(=O)[nH]ncc21. The molecule has 0 saturated carbocycles. The Morgan fingerprint density at radius 1 is 1.17 bits per heavy atom. The lowest BCUT2D eigenvalue weighted by atomic mass is 10.2. The maximum absolute atomic E-state index is 13.4. The molecule has 1 amide bonds. The van der Waals surface area contributed by atoms with Crippen molar-refractivity contribution in [3.05, 3.63) is 46.1 Å². The molecule has 4 rings (SSSR count). The van der Waals surface area contributed by atoms with Crippen molar-refractivity contribution in [2.75, 3.05) is 44.3 Å². The van der Waals surface area contributed by atoms with Crippen LogP contribution < -0.4 is 10.5 Å². The number of hydrogen-bond donors (Lipinski definition) is 1. The molecule has 0 bridgehead atoms. The Labute approximate surface area is 200 Å². The molecule has 36 heavy (non-hydrogen) atoms. The van der Waals surface area contributed by atoms with Gasteiger partial charge in [0.1, 0.15) is 11.2 Å². The van der Waals surface area contributed by atoms with E-state index < -0.39 is 40.5 Å². The lowest BCUT2D eigenvalue weighted by Crippen LogP contribution is -2.49. The van der Waals surface area contributed by atoms with Crippen molar-refractivity contribution in [3.63, 3.8) is 0 Å². The van der Waals surface area contributed by atoms with Gasteiger partial charge < -0.3 is 14.5 Å². The highest BCUT2D eigenvalue weighted by atomic mass is 19.4. The number of hydrogen-bond acceptors (Lipinski definition) is 7. The summed E-state index contributed by atoms with van der Waals surface area (Å²) in [5.41, 5.74) is -2.38. The Morgan fingerprint density at radius 3 is 2.56 bits per heavy atom. The lowest BCUT2D eigenvalue weighted by molar-refractivity contribution is -0.140. The van der Waals surface area contributed by atoms with Gasteiger partial charge in [-0.1, -0.05) is 0 Å². The second-order valence-corrected chi connectivity index (χ2v) is 8.25. The van der Waals surface area contributed by atoms with Crippen LogP contribution in [-0.4, -0.2) is 75.2 Å². The van der Waals surface area contributed by atoms with Crippen LogP contribution in [0.1, 0.15) is 25.1 Å². The molecule has 0 aliphatic carbocycles. The van der Waals surface area contributed by atoms with Crippen LogP contribution in [-0.2, 0) is 15.7 Å². The van der Waals surface area contributed by atoms with Gasteiger partial charge in [0.05, 0.1) is 43.6 Å². The maximum Gasteiger partial charge on any atom is 0.435 e. The van der Waals surface area contributed by atoms with Gasteiger partial charge in [0.2, 0.25) is 5.91 Å². The smallest absolute Gasteiger partial charge is 0.379 e. The van der Waals surface area contributed by atoms with Crippen molar-refractivity contribution in [2.24, 2.45) is 0 Å². The van der Waals surface area contributed by atoms with E-state index in [9.17, 15) is 31.5 Å². The number of carbonyl (C=O) groups excluding carboxylic acids is 1. The van der Waals surface area contributed by atoms with E-state index in [1.165, 1.54) is 0 Å². The highest BCUT2D eigenvalue weighted by Gasteiger charge is 2.38. The molecule has 1 aliphatic rings. The van der Waals surface area contributed by atoms with E-state index in [2.05, 4.69) is 15.2 Å². The third kappa shape index (κ3) is 5.29. The number of ether oxygens (including phenoxy) is 1. The minimum atomic E-state index is -4.82. The van der Waals surface area contributed by atoms with E-state index in [0.717, 1.165) is 23.1 Å². The zero-order valence-corrected chi connectivity index (χ0v) is 19.1. The Hall–Kier alpha value is -3.62. The van der Waals surface area contributed by atoms with E-state index in [-0.39, 0.29) is 36.9 Å². The fourth-order valence-electron chi connectivity index (χ4n) is 3.94. The first-order chi connectivity index (χ1) is 17.1. The summed E-state index contributed by atoms with van der Waals surface area (Å²) in [7, 11) is 0. The number of amides is 1. The second-order valence-electron chi connectivity index (χ2n) is 8.25. The number of aromatic amines is 1. The summed E-state index contributed by atoms with van der Waals surface area (Å²) >= 11 is 0. The molecule has 1 aliphatic heterocycles. The van der Waals surface area contributed by atoms with Crippen LogP contribution in [0.3, 0.4) is 0 Å². The predicted octanol–water partition coefficient (Wildman–Crippen LogP) is 2.13. The molecule has 1 unspecified atom stereocenters. The van der Waals surface area contributed by atoms with Gasteiger partial charge in [0.25, 0.3) is 5.56 Å². The van der Waals surface area contributed by atoms with Gasteiger partial charge in [0.15, 0.2) is 17.3 Å². The number of nitrogens with zero attached hydrogens (tertiary/aromatic N) is 6. The van der Waals surface area contributed by atoms with Crippen LogP contribution in [0.4, 0.5) is 27.8 Å². The molecule has 0 radical (unpaired) electrons. The Morgan fingerprint density at radius 2 is 1.89 bits per heavy atom. The van der Waals surface area contributed by atoms with Crippen LogP contribution in [0.15, 0.2) is 23.3 Å². The summed E-state index contributed by atoms with van der Waals surface area (Å²) < 4.78 is 73.1. The number of nitrogens with one attached hydrogen (secondary N) is 1. The van der Waals surface area contributed by atoms with Gasteiger partial charge in [-0.15, -0.1) is 0 Å². The fourth-order valence-corrected chi connectivity index (χ4v) is 3.94. The first kappa shape index (κ1) is 25.5. The first-order valence-corrected chi connectivity index (χ1v) is 11.0. The van der Waals surface area contributed by atoms with Crippen LogP contribution in [0, 0.1) is 11.6 Å². The van der Waals surface area contributed by atoms with Crippen molar-refractivity contribution < 1.29 is 31.5 Å². The molecule has 0 aromatic carbocycles. The molecular formula is C21H22F5N7O3. The van der Waals surface area contributed by atoms with Gasteiger partial charge in [-0.05, 0) is 6.92 Å². The minimum Gasteiger partial charge on any atom is -0.379 e. The number of carbonyl (C=O) groups is 1. The van der Waals surface area contributed by atoms with E-state index in [1.807, 2.05) is 5.10 Å². The molecule has 4 heterocycles. The number of pyridine rings is 1. The third-order valence-corrected chi connectivity index (χ3v) is 5.78. The minimum absolute atomic E-state index is 0.0261. The van der Waals surface area contributed by atoms with Crippen LogP contribution in [0.2, 0.25) is 0 Å². The number of fused-ring (bicyclic) bond motifs is 1. The fraction of sp³-hybridized carbons (Fsp3) is 0.476. The van der Waals surface area contributed by atoms with Crippen LogP contribution in [0.25, 0.3) is 10.9 Å². The molecule has 1 N–H and O–H groups in total. The van der Waals surface area contributed by atoms with E-state index >= 15 is 0 Å². The van der Waals surface area contributed by atoms with Crippen molar-refractivity contribution in [1.82, 2.24) is 29.9 Å². The standard InChI is InChI=1S/C21H22F5N7O3/c1-12(33-15-10-28-29-20(35)18(15)19(30-33)21(24,25)26)11-36-7-2-17(34)32-5-3-31(4-6-32)16-8-13(22)14(23)9-27-16/h8-10,12H,2-7,11H2,1H3,(H,29,35). The van der Waals surface area contributed by atoms with Crippen molar-refractivity contribution in [2.45, 2.75) is 25.6 Å². The Bertz CT molecular complexity index is 1300. The van der Waals surface area contributed by atoms with Gasteiger partial charge in [-0.25, -0.2) is 18.9 Å². The van der Waals surface area contributed by atoms with Crippen molar-refractivity contribution >= 4 is 22.6 Å². The quantitative estimate of drug-likeness (QED) is 0.379. The van der Waals surface area contributed by atoms with E-state index in [1.54, 1.807) is 16.7 Å². The molecule has 15 heteroatoms. The number of halogens is 5. The highest BCUT2D eigenvalue weighted by molar-refractivity contribution is 5.80. The summed E-state index contributed by atoms with van der Waals surface area (Å²) in [6.07, 6.45) is -2.87. The molecule has 3 aromatic rings. The number of aromatic nitrogens is 5. The van der Waals surface area contributed by atoms with Gasteiger partial charge in [-0.3, -0.25) is 14.3 Å². The summed E-state index contributed by atoms with van der Waals surface area (Å²) in [4.78, 5) is 31.6. The molecule has 1 fully saturated rings. The summed E-state index contributed by atoms with van der Waals surface area (Å²) in [5.74, 6) is -1.92. The lowest BCUT2D eigenvalue weighted by Gasteiger charge is -2.35. The molecule has 194 valence electrons. The van der Waals surface area contributed by atoms with Crippen molar-refractivity contribution in [1.29, 1.82) is 0 Å². The molecule has 1 atom stereocenters. The normalized spacial score (nSPS) is 15.5. The molecule has 10 nitrogen and oxygen atoms in total. The number of H-pyrrole nitrogens is 1. The second kappa shape index (κ2) is 10.2. The largest absolute Gasteiger partial charge is 0.435 e. The van der Waals surface area contributed by atoms with Gasteiger partial charge >= 0.3 is 6.18 Å². The van der Waals surface area contributed by atoms with Gasteiger partial charge in [0, 0.05) is 32.2 Å². The molecule has 0 spiro atoms. The molecule has 3 aromatic heterocycles. The third-order valence-electron chi connectivity index (χ3n) is 5.78. The number of anilines is 1. The van der Waals surface area contributed by atoms with Crippen LogP contribution >= 0.6 is 0 Å². The zero-order valence-electron chi connectivity index (χ0n) is 19.1. The van der Waals surface area contributed by atoms with Crippen molar-refractivity contribution in [3.8, 4) is 0 Å².